The molecule has 5 heteroatoms. The van der Waals surface area contributed by atoms with Crippen LogP contribution >= 0.6 is 0 Å². The van der Waals surface area contributed by atoms with E-state index in [1.807, 2.05) is 7.05 Å². The second-order valence-corrected chi connectivity index (χ2v) is 6.51. The Balaban J connectivity index is 1.89. The summed E-state index contributed by atoms with van der Waals surface area (Å²) in [6, 6.07) is 8.73. The number of nitrogens with zero attached hydrogens (tertiary/aromatic N) is 3. The van der Waals surface area contributed by atoms with Gasteiger partial charge in [-0.1, -0.05) is 24.3 Å². The molecular formula is C18H30N4O. The number of nitrogens with one attached hydrogen (secondary N) is 1. The lowest BCUT2D eigenvalue weighted by atomic mass is 10.1. The van der Waals surface area contributed by atoms with Crippen molar-refractivity contribution >= 4 is 5.96 Å². The molecule has 0 amide bonds. The molecule has 1 aliphatic rings. The van der Waals surface area contributed by atoms with Gasteiger partial charge in [0.05, 0.1) is 6.61 Å². The molecule has 0 bridgehead atoms. The highest BCUT2D eigenvalue weighted by atomic mass is 16.5. The zero-order valence-electron chi connectivity index (χ0n) is 14.9. The maximum Gasteiger partial charge on any atom is 0.193 e. The van der Waals surface area contributed by atoms with E-state index < -0.39 is 0 Å². The molecule has 1 aliphatic heterocycles. The number of hydrogen-bond donors (Lipinski definition) is 1. The lowest BCUT2D eigenvalue weighted by molar-refractivity contribution is 0.157. The Hall–Kier alpha value is -1.59. The SMILES string of the molecule is CN=C(NCc1cccc(CN(C)C)c1)N1CCC(COC)C1. The number of hydrogen-bond acceptors (Lipinski definition) is 3. The highest BCUT2D eigenvalue weighted by Gasteiger charge is 2.24. The molecule has 0 saturated carbocycles. The molecule has 2 rings (SSSR count). The van der Waals surface area contributed by atoms with Gasteiger partial charge < -0.3 is 19.9 Å². The van der Waals surface area contributed by atoms with Gasteiger partial charge >= 0.3 is 0 Å². The zero-order valence-corrected chi connectivity index (χ0v) is 14.9. The van der Waals surface area contributed by atoms with Crippen molar-refractivity contribution in [3.63, 3.8) is 0 Å². The van der Waals surface area contributed by atoms with Crippen LogP contribution in [-0.4, -0.2) is 63.7 Å². The average Bonchev–Trinajstić information content (AvgIpc) is 2.96. The molecule has 5 nitrogen and oxygen atoms in total. The second-order valence-electron chi connectivity index (χ2n) is 6.51. The molecule has 1 atom stereocenters. The molecule has 1 aromatic carbocycles. The summed E-state index contributed by atoms with van der Waals surface area (Å²) in [6.07, 6.45) is 1.17. The Morgan fingerprint density at radius 1 is 1.39 bits per heavy atom. The Morgan fingerprint density at radius 3 is 2.87 bits per heavy atom. The number of benzene rings is 1. The van der Waals surface area contributed by atoms with E-state index in [1.54, 1.807) is 7.11 Å². The molecule has 1 unspecified atom stereocenters. The van der Waals surface area contributed by atoms with Crippen molar-refractivity contribution in [1.29, 1.82) is 0 Å². The third-order valence-electron chi connectivity index (χ3n) is 4.14. The first-order valence-corrected chi connectivity index (χ1v) is 8.29. The monoisotopic (exact) mass is 318 g/mol. The Bertz CT molecular complexity index is 515. The quantitative estimate of drug-likeness (QED) is 0.641. The standard InChI is InChI=1S/C18H30N4O/c1-19-18(22-9-8-17(13-22)14-23-4)20-11-15-6-5-7-16(10-15)12-21(2)3/h5-7,10,17H,8-9,11-14H2,1-4H3,(H,19,20). The smallest absolute Gasteiger partial charge is 0.193 e. The average molecular weight is 318 g/mol. The molecule has 0 aliphatic carbocycles. The first kappa shape index (κ1) is 17.8. The molecule has 1 aromatic rings. The van der Waals surface area contributed by atoms with Crippen molar-refractivity contribution in [3.05, 3.63) is 35.4 Å². The highest BCUT2D eigenvalue weighted by Crippen LogP contribution is 2.16. The van der Waals surface area contributed by atoms with Gasteiger partial charge in [0.25, 0.3) is 0 Å². The van der Waals surface area contributed by atoms with Crippen LogP contribution in [0.1, 0.15) is 17.5 Å². The minimum absolute atomic E-state index is 0.613. The summed E-state index contributed by atoms with van der Waals surface area (Å²) in [7, 11) is 7.82. The fourth-order valence-corrected chi connectivity index (χ4v) is 3.11. The third kappa shape index (κ3) is 5.52. The topological polar surface area (TPSA) is 40.1 Å². The number of aliphatic imine (C=N–C) groups is 1. The minimum atomic E-state index is 0.613. The van der Waals surface area contributed by atoms with E-state index in [4.69, 9.17) is 4.74 Å². The van der Waals surface area contributed by atoms with Crippen LogP contribution in [-0.2, 0) is 17.8 Å². The van der Waals surface area contributed by atoms with Crippen LogP contribution in [0.5, 0.6) is 0 Å². The van der Waals surface area contributed by atoms with E-state index in [0.717, 1.165) is 38.7 Å². The van der Waals surface area contributed by atoms with Crippen molar-refractivity contribution in [2.24, 2.45) is 10.9 Å². The second kappa shape index (κ2) is 8.89. The van der Waals surface area contributed by atoms with Crippen LogP contribution < -0.4 is 5.32 Å². The van der Waals surface area contributed by atoms with Crippen molar-refractivity contribution < 1.29 is 4.74 Å². The predicted octanol–water partition coefficient (Wildman–Crippen LogP) is 1.79. The first-order valence-electron chi connectivity index (χ1n) is 8.29. The molecule has 128 valence electrons. The van der Waals surface area contributed by atoms with Crippen molar-refractivity contribution in [1.82, 2.24) is 15.1 Å². The molecule has 1 heterocycles. The fraction of sp³-hybridized carbons (Fsp3) is 0.611. The van der Waals surface area contributed by atoms with Crippen LogP contribution in [0.15, 0.2) is 29.3 Å². The zero-order chi connectivity index (χ0) is 16.7. The summed E-state index contributed by atoms with van der Waals surface area (Å²) in [5, 5.41) is 3.49. The Morgan fingerprint density at radius 2 is 2.17 bits per heavy atom. The van der Waals surface area contributed by atoms with Crippen molar-refractivity contribution in [2.45, 2.75) is 19.5 Å². The number of likely N-dealkylation sites (tertiary alicyclic amines) is 1. The lowest BCUT2D eigenvalue weighted by Gasteiger charge is -2.22. The van der Waals surface area contributed by atoms with Gasteiger partial charge in [-0.05, 0) is 31.6 Å². The summed E-state index contributed by atoms with van der Waals surface area (Å²) in [6.45, 7) is 4.68. The number of methoxy groups -OCH3 is 1. The molecule has 0 spiro atoms. The highest BCUT2D eigenvalue weighted by molar-refractivity contribution is 5.80. The fourth-order valence-electron chi connectivity index (χ4n) is 3.11. The van der Waals surface area contributed by atoms with Gasteiger partial charge in [-0.2, -0.15) is 0 Å². The van der Waals surface area contributed by atoms with Crippen LogP contribution in [0.25, 0.3) is 0 Å². The van der Waals surface area contributed by atoms with Gasteiger partial charge in [0.2, 0.25) is 0 Å². The number of rotatable bonds is 6. The molecule has 0 radical (unpaired) electrons. The van der Waals surface area contributed by atoms with Gasteiger partial charge in [-0.15, -0.1) is 0 Å². The lowest BCUT2D eigenvalue weighted by Crippen LogP contribution is -2.39. The minimum Gasteiger partial charge on any atom is -0.384 e. The summed E-state index contributed by atoms with van der Waals surface area (Å²) < 4.78 is 5.27. The normalized spacial score (nSPS) is 18.7. The molecule has 1 N–H and O–H groups in total. The molecular weight excluding hydrogens is 288 g/mol. The Labute approximate surface area is 140 Å². The van der Waals surface area contributed by atoms with Gasteiger partial charge in [-0.25, -0.2) is 0 Å². The van der Waals surface area contributed by atoms with Crippen LogP contribution in [0, 0.1) is 5.92 Å². The van der Waals surface area contributed by atoms with E-state index in [1.165, 1.54) is 17.5 Å². The van der Waals surface area contributed by atoms with E-state index >= 15 is 0 Å². The molecule has 0 aromatic heterocycles. The summed E-state index contributed by atoms with van der Waals surface area (Å²) in [5.74, 6) is 1.60. The summed E-state index contributed by atoms with van der Waals surface area (Å²) in [4.78, 5) is 8.95. The maximum absolute atomic E-state index is 5.27. The van der Waals surface area contributed by atoms with E-state index in [-0.39, 0.29) is 0 Å². The maximum atomic E-state index is 5.27. The largest absolute Gasteiger partial charge is 0.384 e. The van der Waals surface area contributed by atoms with Crippen molar-refractivity contribution in [2.75, 3.05) is 47.9 Å². The molecule has 23 heavy (non-hydrogen) atoms. The van der Waals surface area contributed by atoms with Gasteiger partial charge in [0.15, 0.2) is 5.96 Å². The van der Waals surface area contributed by atoms with Crippen LogP contribution in [0.3, 0.4) is 0 Å². The van der Waals surface area contributed by atoms with Gasteiger partial charge in [0, 0.05) is 46.3 Å². The van der Waals surface area contributed by atoms with Gasteiger partial charge in [0.1, 0.15) is 0 Å². The summed E-state index contributed by atoms with van der Waals surface area (Å²) >= 11 is 0. The number of guanidine groups is 1. The van der Waals surface area contributed by atoms with E-state index in [9.17, 15) is 0 Å². The number of ether oxygens (including phenoxy) is 1. The van der Waals surface area contributed by atoms with E-state index in [0.29, 0.717) is 5.92 Å². The predicted molar refractivity (Wildman–Crippen MR) is 95.6 cm³/mol. The van der Waals surface area contributed by atoms with Crippen LogP contribution in [0.2, 0.25) is 0 Å². The van der Waals surface area contributed by atoms with Gasteiger partial charge in [-0.3, -0.25) is 4.99 Å². The van der Waals surface area contributed by atoms with Crippen LogP contribution in [0.4, 0.5) is 0 Å². The third-order valence-corrected chi connectivity index (χ3v) is 4.14. The molecule has 1 fully saturated rings. The van der Waals surface area contributed by atoms with E-state index in [2.05, 4.69) is 58.5 Å². The molecule has 1 saturated heterocycles. The first-order chi connectivity index (χ1) is 11.1. The Kier molecular flexibility index (Phi) is 6.86. The summed E-state index contributed by atoms with van der Waals surface area (Å²) in [5.41, 5.74) is 2.63. The van der Waals surface area contributed by atoms with Crippen molar-refractivity contribution in [3.8, 4) is 0 Å².